The number of carbonyl (C=O) groups is 1. The molecule has 1 aromatic carbocycles. The van der Waals surface area contributed by atoms with Crippen molar-refractivity contribution in [2.24, 2.45) is 0 Å². The molecule has 1 unspecified atom stereocenters. The number of rotatable bonds is 4. The monoisotopic (exact) mass is 314 g/mol. The molecule has 0 fully saturated rings. The van der Waals surface area contributed by atoms with Gasteiger partial charge in [0.25, 0.3) is 5.91 Å². The third-order valence-electron chi connectivity index (χ3n) is 2.90. The van der Waals surface area contributed by atoms with Gasteiger partial charge in [0.1, 0.15) is 5.76 Å². The number of aromatic nitrogens is 1. The van der Waals surface area contributed by atoms with E-state index in [0.29, 0.717) is 5.76 Å². The number of benzene rings is 1. The van der Waals surface area contributed by atoms with E-state index in [2.05, 4.69) is 10.5 Å². The Balaban J connectivity index is 2.30. The number of alkyl halides is 3. The van der Waals surface area contributed by atoms with Crippen molar-refractivity contribution in [3.63, 3.8) is 0 Å². The highest BCUT2D eigenvalue weighted by atomic mass is 19.4. The number of aryl methyl sites for hydroxylation is 1. The van der Waals surface area contributed by atoms with Crippen LogP contribution in [-0.4, -0.2) is 18.2 Å². The Bertz CT molecular complexity index is 667. The maximum absolute atomic E-state index is 13.0. The van der Waals surface area contributed by atoms with E-state index < -0.39 is 23.8 Å². The van der Waals surface area contributed by atoms with Crippen molar-refractivity contribution < 1.29 is 27.2 Å². The first-order chi connectivity index (χ1) is 10.3. The second kappa shape index (κ2) is 6.18. The van der Waals surface area contributed by atoms with Crippen LogP contribution in [-0.2, 0) is 15.7 Å². The van der Waals surface area contributed by atoms with E-state index in [0.717, 1.165) is 13.2 Å². The molecule has 8 heteroatoms. The quantitative estimate of drug-likeness (QED) is 0.940. The van der Waals surface area contributed by atoms with Crippen molar-refractivity contribution in [1.82, 2.24) is 5.16 Å². The van der Waals surface area contributed by atoms with Crippen molar-refractivity contribution in [2.45, 2.75) is 19.2 Å². The van der Waals surface area contributed by atoms with Crippen LogP contribution < -0.4 is 5.32 Å². The summed E-state index contributed by atoms with van der Waals surface area (Å²) >= 11 is 0. The zero-order valence-corrected chi connectivity index (χ0v) is 11.8. The molecule has 1 N–H and O–H groups in total. The molecule has 0 bridgehead atoms. The number of amides is 1. The molecule has 0 aliphatic carbocycles. The highest BCUT2D eigenvalue weighted by Crippen LogP contribution is 2.35. The van der Waals surface area contributed by atoms with Crippen molar-refractivity contribution in [1.29, 1.82) is 0 Å². The highest BCUT2D eigenvalue weighted by Gasteiger charge is 2.37. The van der Waals surface area contributed by atoms with Gasteiger partial charge in [-0.1, -0.05) is 23.4 Å². The van der Waals surface area contributed by atoms with Gasteiger partial charge in [-0.15, -0.1) is 0 Å². The molecule has 1 atom stereocenters. The van der Waals surface area contributed by atoms with Gasteiger partial charge in [0.15, 0.2) is 11.9 Å². The van der Waals surface area contributed by atoms with E-state index in [4.69, 9.17) is 9.26 Å². The predicted molar refractivity (Wildman–Crippen MR) is 71.1 cm³/mol. The first-order valence-electron chi connectivity index (χ1n) is 6.26. The smallest absolute Gasteiger partial charge is 0.367 e. The minimum atomic E-state index is -4.59. The largest absolute Gasteiger partial charge is 0.416 e. The summed E-state index contributed by atoms with van der Waals surface area (Å²) in [5.41, 5.74) is -1.19. The van der Waals surface area contributed by atoms with Gasteiger partial charge in [0.2, 0.25) is 0 Å². The Labute approximate surface area is 124 Å². The van der Waals surface area contributed by atoms with Crippen LogP contribution in [0.1, 0.15) is 23.0 Å². The lowest BCUT2D eigenvalue weighted by Crippen LogP contribution is -2.25. The number of hydrogen-bond acceptors (Lipinski definition) is 4. The van der Waals surface area contributed by atoms with Gasteiger partial charge < -0.3 is 14.6 Å². The maximum Gasteiger partial charge on any atom is 0.416 e. The van der Waals surface area contributed by atoms with Gasteiger partial charge in [-0.3, -0.25) is 4.79 Å². The average Bonchev–Trinajstić information content (AvgIpc) is 2.84. The lowest BCUT2D eigenvalue weighted by atomic mass is 10.0. The molecule has 1 amide bonds. The Morgan fingerprint density at radius 1 is 1.36 bits per heavy atom. The summed E-state index contributed by atoms with van der Waals surface area (Å²) in [4.78, 5) is 12.1. The van der Waals surface area contributed by atoms with Gasteiger partial charge in [0.05, 0.1) is 5.56 Å². The van der Waals surface area contributed by atoms with Crippen molar-refractivity contribution >= 4 is 11.7 Å². The molecule has 0 saturated carbocycles. The Morgan fingerprint density at radius 3 is 2.59 bits per heavy atom. The highest BCUT2D eigenvalue weighted by molar-refractivity contribution is 5.94. The number of carbonyl (C=O) groups excluding carboxylic acids is 1. The fraction of sp³-hybridized carbons (Fsp3) is 0.286. The van der Waals surface area contributed by atoms with Gasteiger partial charge in [-0.2, -0.15) is 13.2 Å². The normalized spacial score (nSPS) is 13.0. The Kier molecular flexibility index (Phi) is 4.51. The van der Waals surface area contributed by atoms with E-state index in [-0.39, 0.29) is 11.4 Å². The predicted octanol–water partition coefficient (Wildman–Crippen LogP) is 3.33. The van der Waals surface area contributed by atoms with E-state index in [1.807, 2.05) is 0 Å². The summed E-state index contributed by atoms with van der Waals surface area (Å²) < 4.78 is 48.8. The van der Waals surface area contributed by atoms with Gasteiger partial charge in [0, 0.05) is 18.7 Å². The molecular formula is C14H13F3N2O3. The third-order valence-corrected chi connectivity index (χ3v) is 2.90. The summed E-state index contributed by atoms with van der Waals surface area (Å²) in [7, 11) is 1.16. The zero-order valence-electron chi connectivity index (χ0n) is 11.8. The number of ether oxygens (including phenoxy) is 1. The molecular weight excluding hydrogens is 301 g/mol. The first kappa shape index (κ1) is 16.0. The minimum absolute atomic E-state index is 0.106. The van der Waals surface area contributed by atoms with Crippen LogP contribution >= 0.6 is 0 Å². The lowest BCUT2D eigenvalue weighted by Gasteiger charge is -2.19. The zero-order chi connectivity index (χ0) is 16.3. The molecule has 0 aliphatic heterocycles. The molecule has 1 heterocycles. The second-order valence-electron chi connectivity index (χ2n) is 4.51. The van der Waals surface area contributed by atoms with Crippen LogP contribution in [0.15, 0.2) is 34.9 Å². The van der Waals surface area contributed by atoms with Crippen LogP contribution in [0.4, 0.5) is 19.0 Å². The molecule has 0 radical (unpaired) electrons. The fourth-order valence-electron chi connectivity index (χ4n) is 1.98. The molecule has 2 aromatic rings. The first-order valence-corrected chi connectivity index (χ1v) is 6.26. The lowest BCUT2D eigenvalue weighted by molar-refractivity contribution is -0.140. The SMILES string of the molecule is COC(C(=O)Nc1cc(C)on1)c1ccccc1C(F)(F)F. The molecule has 0 saturated heterocycles. The standard InChI is InChI=1S/C14H13F3N2O3/c1-8-7-11(19-22-8)18-13(20)12(21-2)9-5-3-4-6-10(9)14(15,16)17/h3-7,12H,1-2H3,(H,18,19,20). The van der Waals surface area contributed by atoms with Crippen LogP contribution in [0, 0.1) is 6.92 Å². The summed E-state index contributed by atoms with van der Waals surface area (Å²) in [6.07, 6.45) is -6.01. The van der Waals surface area contributed by atoms with Crippen LogP contribution in [0.5, 0.6) is 0 Å². The topological polar surface area (TPSA) is 64.4 Å². The summed E-state index contributed by atoms with van der Waals surface area (Å²) in [5, 5.41) is 5.91. The van der Waals surface area contributed by atoms with E-state index in [1.54, 1.807) is 6.92 Å². The number of hydrogen-bond donors (Lipinski definition) is 1. The Morgan fingerprint density at radius 2 is 2.05 bits per heavy atom. The number of anilines is 1. The van der Waals surface area contributed by atoms with Gasteiger partial charge >= 0.3 is 6.18 Å². The summed E-state index contributed by atoms with van der Waals surface area (Å²) in [5.74, 6) is -0.207. The molecule has 1 aromatic heterocycles. The number of nitrogens with one attached hydrogen (secondary N) is 1. The van der Waals surface area contributed by atoms with Crippen LogP contribution in [0.2, 0.25) is 0 Å². The molecule has 0 aliphatic rings. The Hall–Kier alpha value is -2.35. The van der Waals surface area contributed by atoms with Gasteiger partial charge in [-0.05, 0) is 13.0 Å². The van der Waals surface area contributed by atoms with Gasteiger partial charge in [-0.25, -0.2) is 0 Å². The number of methoxy groups -OCH3 is 1. The van der Waals surface area contributed by atoms with E-state index >= 15 is 0 Å². The maximum atomic E-state index is 13.0. The average molecular weight is 314 g/mol. The number of halogens is 3. The minimum Gasteiger partial charge on any atom is -0.367 e. The van der Waals surface area contributed by atoms with E-state index in [9.17, 15) is 18.0 Å². The molecule has 22 heavy (non-hydrogen) atoms. The third kappa shape index (κ3) is 3.45. The second-order valence-corrected chi connectivity index (χ2v) is 4.51. The van der Waals surface area contributed by atoms with Crippen molar-refractivity contribution in [2.75, 3.05) is 12.4 Å². The molecule has 0 spiro atoms. The fourth-order valence-corrected chi connectivity index (χ4v) is 1.98. The van der Waals surface area contributed by atoms with E-state index in [1.165, 1.54) is 24.3 Å². The molecule has 5 nitrogen and oxygen atoms in total. The van der Waals surface area contributed by atoms with Crippen LogP contribution in [0.25, 0.3) is 0 Å². The molecule has 118 valence electrons. The summed E-state index contributed by atoms with van der Waals surface area (Å²) in [6.45, 7) is 1.62. The van der Waals surface area contributed by atoms with Crippen molar-refractivity contribution in [3.05, 3.63) is 47.2 Å². The van der Waals surface area contributed by atoms with Crippen LogP contribution in [0.3, 0.4) is 0 Å². The molecule has 2 rings (SSSR count). The summed E-state index contributed by atoms with van der Waals surface area (Å²) in [6, 6.07) is 6.20. The van der Waals surface area contributed by atoms with Crippen molar-refractivity contribution in [3.8, 4) is 0 Å². The number of nitrogens with zero attached hydrogens (tertiary/aromatic N) is 1.